The van der Waals surface area contributed by atoms with E-state index in [1.165, 1.54) is 37.3 Å². The van der Waals surface area contributed by atoms with Gasteiger partial charge in [-0.25, -0.2) is 0 Å². The minimum absolute atomic E-state index is 0.0684. The lowest BCUT2D eigenvalue weighted by molar-refractivity contribution is 0.0622. The molecular weight excluding hydrogens is 294 g/mol. The van der Waals surface area contributed by atoms with Gasteiger partial charge in [0.25, 0.3) is 5.91 Å². The maximum atomic E-state index is 12.5. The number of pyridine rings is 1. The molecule has 1 N–H and O–H groups in total. The quantitative estimate of drug-likeness (QED) is 0.947. The van der Waals surface area contributed by atoms with Gasteiger partial charge < -0.3 is 10.2 Å². The third-order valence-corrected chi connectivity index (χ3v) is 5.88. The van der Waals surface area contributed by atoms with Crippen molar-refractivity contribution in [3.63, 3.8) is 0 Å². The number of thiophene rings is 1. The molecule has 1 amide bonds. The second kappa shape index (κ2) is 5.82. The summed E-state index contributed by atoms with van der Waals surface area (Å²) < 4.78 is 0. The maximum absolute atomic E-state index is 12.5. The Labute approximate surface area is 134 Å². The number of amides is 1. The van der Waals surface area contributed by atoms with E-state index in [-0.39, 0.29) is 5.91 Å². The molecule has 4 nitrogen and oxygen atoms in total. The van der Waals surface area contributed by atoms with E-state index in [4.69, 9.17) is 0 Å². The van der Waals surface area contributed by atoms with E-state index in [2.05, 4.69) is 15.2 Å². The fourth-order valence-corrected chi connectivity index (χ4v) is 4.39. The van der Waals surface area contributed by atoms with Crippen molar-refractivity contribution in [3.05, 3.63) is 41.5 Å². The van der Waals surface area contributed by atoms with Gasteiger partial charge in [0, 0.05) is 35.4 Å². The number of nitrogens with zero attached hydrogens (tertiary/aromatic N) is 2. The number of carbonyl (C=O) groups is 1. The van der Waals surface area contributed by atoms with Gasteiger partial charge in [-0.15, -0.1) is 11.3 Å². The molecule has 0 spiro atoms. The minimum Gasteiger partial charge on any atom is -0.347 e. The highest BCUT2D eigenvalue weighted by Crippen LogP contribution is 2.30. The Balaban J connectivity index is 1.46. The predicted molar refractivity (Wildman–Crippen MR) is 88.0 cm³/mol. The number of carbonyl (C=O) groups excluding carboxylic acids is 1. The number of hydrogen-bond donors (Lipinski definition) is 1. The van der Waals surface area contributed by atoms with Gasteiger partial charge >= 0.3 is 0 Å². The third kappa shape index (κ3) is 2.66. The van der Waals surface area contributed by atoms with Gasteiger partial charge in [0.15, 0.2) is 0 Å². The van der Waals surface area contributed by atoms with Crippen molar-refractivity contribution in [2.24, 2.45) is 5.92 Å². The van der Waals surface area contributed by atoms with E-state index >= 15 is 0 Å². The summed E-state index contributed by atoms with van der Waals surface area (Å²) in [4.78, 5) is 21.0. The van der Waals surface area contributed by atoms with Crippen LogP contribution >= 0.6 is 11.3 Å². The van der Waals surface area contributed by atoms with Crippen LogP contribution in [0, 0.1) is 5.92 Å². The molecule has 2 bridgehead atoms. The molecule has 5 heteroatoms. The van der Waals surface area contributed by atoms with Crippen molar-refractivity contribution in [3.8, 4) is 10.4 Å². The molecule has 1 unspecified atom stereocenters. The molecule has 0 saturated carbocycles. The minimum atomic E-state index is 0.0684. The smallest absolute Gasteiger partial charge is 0.261 e. The molecule has 114 valence electrons. The first kappa shape index (κ1) is 13.9. The van der Waals surface area contributed by atoms with Crippen LogP contribution in [0.25, 0.3) is 10.4 Å². The highest BCUT2D eigenvalue weighted by molar-refractivity contribution is 7.17. The van der Waals surface area contributed by atoms with Gasteiger partial charge in [0.05, 0.1) is 4.88 Å². The van der Waals surface area contributed by atoms with Crippen LogP contribution in [0.2, 0.25) is 0 Å². The van der Waals surface area contributed by atoms with Gasteiger partial charge in [-0.05, 0) is 50.0 Å². The van der Waals surface area contributed by atoms with Crippen molar-refractivity contribution < 1.29 is 4.79 Å². The summed E-state index contributed by atoms with van der Waals surface area (Å²) in [6.45, 7) is 3.40. The summed E-state index contributed by atoms with van der Waals surface area (Å²) in [6.07, 6.45) is 6.03. The maximum Gasteiger partial charge on any atom is 0.261 e. The zero-order valence-electron chi connectivity index (χ0n) is 12.4. The molecule has 3 aliphatic heterocycles. The fraction of sp³-hybridized carbons (Fsp3) is 0.412. The zero-order valence-corrected chi connectivity index (χ0v) is 13.2. The van der Waals surface area contributed by atoms with Crippen molar-refractivity contribution in [1.82, 2.24) is 15.2 Å². The number of piperidine rings is 3. The average molecular weight is 313 g/mol. The number of aromatic nitrogens is 1. The van der Waals surface area contributed by atoms with Crippen LogP contribution in [-0.2, 0) is 0 Å². The molecule has 2 aromatic rings. The first-order valence-electron chi connectivity index (χ1n) is 7.83. The molecule has 3 saturated heterocycles. The Bertz CT molecular complexity index is 662. The van der Waals surface area contributed by atoms with E-state index in [0.29, 0.717) is 12.0 Å². The first-order chi connectivity index (χ1) is 10.8. The van der Waals surface area contributed by atoms with Gasteiger partial charge in [0.1, 0.15) is 0 Å². The van der Waals surface area contributed by atoms with Gasteiger partial charge in [-0.3, -0.25) is 9.78 Å². The third-order valence-electron chi connectivity index (χ3n) is 4.75. The summed E-state index contributed by atoms with van der Waals surface area (Å²) >= 11 is 1.54. The molecule has 5 heterocycles. The molecule has 3 aliphatic rings. The largest absolute Gasteiger partial charge is 0.347 e. The fourth-order valence-electron chi connectivity index (χ4n) is 3.49. The molecule has 0 aromatic carbocycles. The molecule has 0 radical (unpaired) electrons. The van der Waals surface area contributed by atoms with Crippen molar-refractivity contribution in [1.29, 1.82) is 0 Å². The van der Waals surface area contributed by atoms with Gasteiger partial charge in [0.2, 0.25) is 0 Å². The zero-order chi connectivity index (χ0) is 14.9. The summed E-state index contributed by atoms with van der Waals surface area (Å²) in [5.41, 5.74) is 1.06. The SMILES string of the molecule is O=C(NC1CN2CCC1CC2)c1ccc(-c2cccnc2)s1. The lowest BCUT2D eigenvalue weighted by Crippen LogP contribution is -2.57. The Morgan fingerprint density at radius 1 is 1.27 bits per heavy atom. The topological polar surface area (TPSA) is 45.2 Å². The second-order valence-electron chi connectivity index (χ2n) is 6.12. The van der Waals surface area contributed by atoms with Crippen LogP contribution < -0.4 is 5.32 Å². The number of rotatable bonds is 3. The number of nitrogens with one attached hydrogen (secondary N) is 1. The molecule has 5 rings (SSSR count). The van der Waals surface area contributed by atoms with E-state index in [0.717, 1.165) is 21.9 Å². The van der Waals surface area contributed by atoms with Crippen molar-refractivity contribution in [2.75, 3.05) is 19.6 Å². The van der Waals surface area contributed by atoms with E-state index in [1.807, 2.05) is 30.5 Å². The van der Waals surface area contributed by atoms with Gasteiger partial charge in [-0.2, -0.15) is 0 Å². The molecule has 22 heavy (non-hydrogen) atoms. The average Bonchev–Trinajstić information content (AvgIpc) is 3.07. The molecule has 3 fully saturated rings. The van der Waals surface area contributed by atoms with Crippen LogP contribution in [0.5, 0.6) is 0 Å². The Hall–Kier alpha value is -1.72. The predicted octanol–water partition coefficient (Wildman–Crippen LogP) is 2.63. The monoisotopic (exact) mass is 313 g/mol. The summed E-state index contributed by atoms with van der Waals surface area (Å²) in [5, 5.41) is 3.25. The van der Waals surface area contributed by atoms with Gasteiger partial charge in [-0.1, -0.05) is 6.07 Å². The van der Waals surface area contributed by atoms with Crippen LogP contribution in [0.1, 0.15) is 22.5 Å². The Morgan fingerprint density at radius 2 is 2.14 bits per heavy atom. The number of hydrogen-bond acceptors (Lipinski definition) is 4. The summed E-state index contributed by atoms with van der Waals surface area (Å²) in [6, 6.07) is 8.19. The van der Waals surface area contributed by atoms with E-state index in [1.54, 1.807) is 6.20 Å². The van der Waals surface area contributed by atoms with Crippen LogP contribution in [0.4, 0.5) is 0 Å². The highest BCUT2D eigenvalue weighted by atomic mass is 32.1. The molecule has 0 aliphatic carbocycles. The highest BCUT2D eigenvalue weighted by Gasteiger charge is 2.35. The lowest BCUT2D eigenvalue weighted by Gasteiger charge is -2.44. The normalized spacial score (nSPS) is 26.8. The lowest BCUT2D eigenvalue weighted by atomic mass is 9.84. The van der Waals surface area contributed by atoms with Crippen molar-refractivity contribution >= 4 is 17.2 Å². The Kier molecular flexibility index (Phi) is 3.68. The second-order valence-corrected chi connectivity index (χ2v) is 7.21. The van der Waals surface area contributed by atoms with E-state index < -0.39 is 0 Å². The number of fused-ring (bicyclic) bond motifs is 3. The van der Waals surface area contributed by atoms with Crippen LogP contribution in [0.3, 0.4) is 0 Å². The Morgan fingerprint density at radius 3 is 2.82 bits per heavy atom. The molecule has 1 atom stereocenters. The standard InChI is InChI=1S/C17H19N3OS/c21-17(19-14-11-20-8-5-12(14)6-9-20)16-4-3-15(22-16)13-2-1-7-18-10-13/h1-4,7,10,12,14H,5-6,8-9,11H2,(H,19,21). The first-order valence-corrected chi connectivity index (χ1v) is 8.65. The van der Waals surface area contributed by atoms with E-state index in [9.17, 15) is 4.79 Å². The summed E-state index contributed by atoms with van der Waals surface area (Å²) in [5.74, 6) is 0.727. The molecular formula is C17H19N3OS. The van der Waals surface area contributed by atoms with Crippen LogP contribution in [-0.4, -0.2) is 41.5 Å². The molecule has 2 aromatic heterocycles. The summed E-state index contributed by atoms with van der Waals surface area (Å²) in [7, 11) is 0. The van der Waals surface area contributed by atoms with Crippen molar-refractivity contribution in [2.45, 2.75) is 18.9 Å². The van der Waals surface area contributed by atoms with Crippen LogP contribution in [0.15, 0.2) is 36.7 Å².